The molecule has 196 valence electrons. The van der Waals surface area contributed by atoms with Gasteiger partial charge in [0.05, 0.1) is 23.3 Å². The highest BCUT2D eigenvalue weighted by Crippen LogP contribution is 2.45. The van der Waals surface area contributed by atoms with Crippen LogP contribution in [0.25, 0.3) is 22.4 Å². The molecule has 6 rings (SSSR count). The summed E-state index contributed by atoms with van der Waals surface area (Å²) < 4.78 is 13.5. The van der Waals surface area contributed by atoms with Crippen molar-refractivity contribution in [1.29, 1.82) is 0 Å². The molecule has 1 unspecified atom stereocenters. The molecule has 38 heavy (non-hydrogen) atoms. The third kappa shape index (κ3) is 4.62. The van der Waals surface area contributed by atoms with E-state index in [0.717, 1.165) is 18.6 Å². The number of pyridine rings is 1. The molecule has 2 aliphatic rings. The molecule has 4 aromatic rings. The van der Waals surface area contributed by atoms with Crippen LogP contribution in [0.3, 0.4) is 0 Å². The van der Waals surface area contributed by atoms with Crippen LogP contribution in [0.5, 0.6) is 11.5 Å². The first-order chi connectivity index (χ1) is 18.2. The van der Waals surface area contributed by atoms with Crippen LogP contribution in [0, 0.1) is 11.8 Å². The number of anilines is 1. The second-order valence-electron chi connectivity index (χ2n) is 11.1. The molecule has 1 aromatic carbocycles. The molecule has 3 aromatic heterocycles. The Labute approximate surface area is 220 Å². The lowest BCUT2D eigenvalue weighted by Gasteiger charge is -2.25. The number of aromatic nitrogens is 5. The summed E-state index contributed by atoms with van der Waals surface area (Å²) in [5, 5.41) is 5.67. The van der Waals surface area contributed by atoms with E-state index in [2.05, 4.69) is 15.0 Å². The summed E-state index contributed by atoms with van der Waals surface area (Å²) in [6.45, 7) is 7.08. The Balaban J connectivity index is 1.24. The number of nitrogen functional groups attached to an aromatic ring is 1. The van der Waals surface area contributed by atoms with E-state index < -0.39 is 5.60 Å². The van der Waals surface area contributed by atoms with Gasteiger partial charge in [-0.2, -0.15) is 5.10 Å². The molecule has 4 heterocycles. The maximum absolute atomic E-state index is 12.6. The molecular weight excluding hydrogens is 482 g/mol. The summed E-state index contributed by atoms with van der Waals surface area (Å²) in [7, 11) is 0. The Bertz CT molecular complexity index is 1450. The van der Waals surface area contributed by atoms with Gasteiger partial charge >= 0.3 is 6.09 Å². The van der Waals surface area contributed by atoms with Gasteiger partial charge in [-0.3, -0.25) is 4.98 Å². The summed E-state index contributed by atoms with van der Waals surface area (Å²) in [6.07, 6.45) is 4.73. The van der Waals surface area contributed by atoms with E-state index in [0.29, 0.717) is 58.9 Å². The largest absolute Gasteiger partial charge is 0.456 e. The second-order valence-corrected chi connectivity index (χ2v) is 11.1. The fourth-order valence-corrected chi connectivity index (χ4v) is 5.58. The van der Waals surface area contributed by atoms with Crippen LogP contribution in [0.4, 0.5) is 10.6 Å². The molecule has 1 aliphatic carbocycles. The van der Waals surface area contributed by atoms with Gasteiger partial charge < -0.3 is 20.1 Å². The highest BCUT2D eigenvalue weighted by atomic mass is 16.6. The molecule has 3 atom stereocenters. The third-order valence-electron chi connectivity index (χ3n) is 7.20. The van der Waals surface area contributed by atoms with Crippen LogP contribution in [0.1, 0.15) is 39.7 Å². The quantitative estimate of drug-likeness (QED) is 0.401. The van der Waals surface area contributed by atoms with Gasteiger partial charge in [-0.25, -0.2) is 19.4 Å². The van der Waals surface area contributed by atoms with Crippen LogP contribution >= 0.6 is 0 Å². The first kappa shape index (κ1) is 24.1. The number of hydrogen-bond donors (Lipinski definition) is 1. The second kappa shape index (κ2) is 9.27. The van der Waals surface area contributed by atoms with Crippen LogP contribution in [-0.2, 0) is 4.74 Å². The number of amides is 1. The van der Waals surface area contributed by atoms with Gasteiger partial charge in [0.25, 0.3) is 0 Å². The van der Waals surface area contributed by atoms with Crippen LogP contribution < -0.4 is 10.5 Å². The first-order valence-electron chi connectivity index (χ1n) is 12.9. The smallest absolute Gasteiger partial charge is 0.410 e. The number of para-hydroxylation sites is 1. The summed E-state index contributed by atoms with van der Waals surface area (Å²) >= 11 is 0. The molecule has 2 fully saturated rings. The number of nitrogens with zero attached hydrogens (tertiary/aromatic N) is 6. The Kier molecular flexibility index (Phi) is 5.89. The number of benzene rings is 1. The SMILES string of the molecule is CC(C)(C)OC(=O)N1CC2C[C@H](n3nc(-c4ccc(Oc5ccccc5)cn4)c4c(N)ncnc43)C[C@@H]2C1. The summed E-state index contributed by atoms with van der Waals surface area (Å²) in [5.41, 5.74) is 7.84. The normalized spacial score (nSPS) is 21.0. The van der Waals surface area contributed by atoms with E-state index in [9.17, 15) is 4.79 Å². The monoisotopic (exact) mass is 513 g/mol. The van der Waals surface area contributed by atoms with Gasteiger partial charge in [0.15, 0.2) is 5.65 Å². The lowest BCUT2D eigenvalue weighted by Crippen LogP contribution is -2.36. The van der Waals surface area contributed by atoms with Crippen molar-refractivity contribution in [2.75, 3.05) is 18.8 Å². The fraction of sp³-hybridized carbons (Fsp3) is 0.393. The average molecular weight is 514 g/mol. The van der Waals surface area contributed by atoms with Crippen LogP contribution in [0.2, 0.25) is 0 Å². The van der Waals surface area contributed by atoms with Gasteiger partial charge in [-0.1, -0.05) is 18.2 Å². The van der Waals surface area contributed by atoms with E-state index in [1.165, 1.54) is 6.33 Å². The zero-order valence-electron chi connectivity index (χ0n) is 21.7. The van der Waals surface area contributed by atoms with Crippen LogP contribution in [0.15, 0.2) is 55.0 Å². The Hall–Kier alpha value is -4.21. The molecule has 1 saturated carbocycles. The number of carbonyl (C=O) groups is 1. The van der Waals surface area contributed by atoms with E-state index in [-0.39, 0.29) is 12.1 Å². The third-order valence-corrected chi connectivity index (χ3v) is 7.20. The molecule has 0 bridgehead atoms. The number of fused-ring (bicyclic) bond motifs is 2. The van der Waals surface area contributed by atoms with E-state index in [1.807, 2.05) is 72.8 Å². The van der Waals surface area contributed by atoms with Gasteiger partial charge in [0, 0.05) is 13.1 Å². The van der Waals surface area contributed by atoms with Gasteiger partial charge in [-0.05, 0) is 69.7 Å². The molecule has 2 N–H and O–H groups in total. The topological polar surface area (TPSA) is 121 Å². The molecule has 1 aliphatic heterocycles. The summed E-state index contributed by atoms with van der Waals surface area (Å²) in [5.74, 6) is 2.53. The highest BCUT2D eigenvalue weighted by Gasteiger charge is 2.44. The predicted molar refractivity (Wildman–Crippen MR) is 143 cm³/mol. The van der Waals surface area contributed by atoms with Crippen molar-refractivity contribution >= 4 is 22.9 Å². The van der Waals surface area contributed by atoms with Crippen molar-refractivity contribution in [3.05, 3.63) is 55.0 Å². The molecule has 1 amide bonds. The molecule has 10 heteroatoms. The van der Waals surface area contributed by atoms with E-state index >= 15 is 0 Å². The lowest BCUT2D eigenvalue weighted by atomic mass is 10.0. The Morgan fingerprint density at radius 2 is 1.71 bits per heavy atom. The maximum Gasteiger partial charge on any atom is 0.410 e. The molecule has 0 spiro atoms. The number of rotatable bonds is 4. The Morgan fingerprint density at radius 3 is 2.37 bits per heavy atom. The predicted octanol–water partition coefficient (Wildman–Crippen LogP) is 5.08. The maximum atomic E-state index is 12.6. The molecule has 0 radical (unpaired) electrons. The minimum Gasteiger partial charge on any atom is -0.456 e. The van der Waals surface area contributed by atoms with Crippen molar-refractivity contribution in [3.8, 4) is 22.9 Å². The summed E-state index contributed by atoms with van der Waals surface area (Å²) in [4.78, 5) is 27.8. The molecular formula is C28H31N7O3. The Morgan fingerprint density at radius 1 is 0.974 bits per heavy atom. The number of carbonyl (C=O) groups excluding carboxylic acids is 1. The highest BCUT2D eigenvalue weighted by molar-refractivity contribution is 5.97. The van der Waals surface area contributed by atoms with Crippen LogP contribution in [-0.4, -0.2) is 54.4 Å². The van der Waals surface area contributed by atoms with Gasteiger partial charge in [-0.15, -0.1) is 0 Å². The zero-order valence-corrected chi connectivity index (χ0v) is 21.7. The zero-order chi connectivity index (χ0) is 26.4. The van der Waals surface area contributed by atoms with Crippen molar-refractivity contribution in [2.24, 2.45) is 11.8 Å². The fourth-order valence-electron chi connectivity index (χ4n) is 5.58. The average Bonchev–Trinajstić information content (AvgIpc) is 3.56. The number of hydrogen-bond acceptors (Lipinski definition) is 8. The number of nitrogens with two attached hydrogens (primary N) is 1. The van der Waals surface area contributed by atoms with Gasteiger partial charge in [0.2, 0.25) is 0 Å². The minimum absolute atomic E-state index is 0.150. The van der Waals surface area contributed by atoms with E-state index in [4.69, 9.17) is 20.3 Å². The molecule has 10 nitrogen and oxygen atoms in total. The first-order valence-corrected chi connectivity index (χ1v) is 12.9. The number of ether oxygens (including phenoxy) is 2. The number of likely N-dealkylation sites (tertiary alicyclic amines) is 1. The van der Waals surface area contributed by atoms with Crippen molar-refractivity contribution < 1.29 is 14.3 Å². The van der Waals surface area contributed by atoms with Gasteiger partial charge in [0.1, 0.15) is 34.9 Å². The van der Waals surface area contributed by atoms with Crippen molar-refractivity contribution in [3.63, 3.8) is 0 Å². The van der Waals surface area contributed by atoms with E-state index in [1.54, 1.807) is 6.20 Å². The minimum atomic E-state index is -0.499. The lowest BCUT2D eigenvalue weighted by molar-refractivity contribution is 0.0278. The van der Waals surface area contributed by atoms with Crippen molar-refractivity contribution in [1.82, 2.24) is 29.6 Å². The van der Waals surface area contributed by atoms with Crippen molar-refractivity contribution in [2.45, 2.75) is 45.3 Å². The molecule has 1 saturated heterocycles. The summed E-state index contributed by atoms with van der Waals surface area (Å²) in [6, 6.07) is 13.5. The standard InChI is InChI=1S/C28H31N7O3/c1-28(2,3)38-27(36)34-14-17-11-19(12-18(17)15-34)35-26-23(25(29)31-16-32-26)24(33-35)22-10-9-21(13-30-22)37-20-7-5-4-6-8-20/h4-10,13,16-19H,11-12,14-15H2,1-3H3,(H2,29,31,32)/t17-,18?,19-/m1/s1.